The number of hydrogen-bond donors (Lipinski definition) is 1. The van der Waals surface area contributed by atoms with E-state index in [4.69, 9.17) is 16.7 Å². The molecule has 0 radical (unpaired) electrons. The molecule has 0 atom stereocenters. The van der Waals surface area contributed by atoms with Gasteiger partial charge >= 0.3 is 11.9 Å². The SMILES string of the molecule is C=CCn1c(C)c(C(=O)OC)c(CC(=O)O)c1Cl. The molecule has 1 N–H and O–H groups in total. The maximum atomic E-state index is 11.7. The summed E-state index contributed by atoms with van der Waals surface area (Å²) >= 11 is 6.10. The molecule has 0 aliphatic carbocycles. The molecular weight excluding hydrogens is 258 g/mol. The molecule has 0 saturated carbocycles. The van der Waals surface area contributed by atoms with Gasteiger partial charge < -0.3 is 14.4 Å². The Morgan fingerprint density at radius 1 is 1.56 bits per heavy atom. The molecule has 0 aromatic carbocycles. The van der Waals surface area contributed by atoms with E-state index in [0.29, 0.717) is 12.2 Å². The minimum Gasteiger partial charge on any atom is -0.481 e. The summed E-state index contributed by atoms with van der Waals surface area (Å²) in [6, 6.07) is 0. The minimum atomic E-state index is -1.06. The molecule has 18 heavy (non-hydrogen) atoms. The number of carbonyl (C=O) groups is 2. The predicted octanol–water partition coefficient (Wildman–Crippen LogP) is 2.05. The first-order valence-corrected chi connectivity index (χ1v) is 5.60. The zero-order chi connectivity index (χ0) is 13.9. The first-order valence-electron chi connectivity index (χ1n) is 5.22. The summed E-state index contributed by atoms with van der Waals surface area (Å²) in [6.07, 6.45) is 1.29. The highest BCUT2D eigenvalue weighted by atomic mass is 35.5. The highest BCUT2D eigenvalue weighted by molar-refractivity contribution is 6.31. The number of methoxy groups -OCH3 is 1. The summed E-state index contributed by atoms with van der Waals surface area (Å²) < 4.78 is 6.28. The number of carboxylic acid groups (broad SMARTS) is 1. The van der Waals surface area contributed by atoms with Gasteiger partial charge in [-0.1, -0.05) is 17.7 Å². The van der Waals surface area contributed by atoms with Gasteiger partial charge in [-0.05, 0) is 6.92 Å². The van der Waals surface area contributed by atoms with Crippen LogP contribution in [0.5, 0.6) is 0 Å². The van der Waals surface area contributed by atoms with Crippen LogP contribution >= 0.6 is 11.6 Å². The van der Waals surface area contributed by atoms with E-state index in [1.165, 1.54) is 7.11 Å². The lowest BCUT2D eigenvalue weighted by molar-refractivity contribution is -0.136. The Kier molecular flexibility index (Phi) is 4.55. The van der Waals surface area contributed by atoms with Crippen LogP contribution in [0.25, 0.3) is 0 Å². The van der Waals surface area contributed by atoms with Crippen molar-refractivity contribution in [2.24, 2.45) is 0 Å². The summed E-state index contributed by atoms with van der Waals surface area (Å²) in [4.78, 5) is 22.5. The van der Waals surface area contributed by atoms with Crippen LogP contribution in [0.3, 0.4) is 0 Å². The molecule has 0 fully saturated rings. The number of rotatable bonds is 5. The van der Waals surface area contributed by atoms with Crippen molar-refractivity contribution in [2.45, 2.75) is 19.9 Å². The minimum absolute atomic E-state index is 0.215. The number of carbonyl (C=O) groups excluding carboxylic acids is 1. The number of carboxylic acids is 1. The van der Waals surface area contributed by atoms with E-state index in [1.54, 1.807) is 17.6 Å². The lowest BCUT2D eigenvalue weighted by Gasteiger charge is -2.04. The van der Waals surface area contributed by atoms with Crippen molar-refractivity contribution < 1.29 is 19.4 Å². The molecule has 0 saturated heterocycles. The lowest BCUT2D eigenvalue weighted by atomic mass is 10.1. The zero-order valence-corrected chi connectivity index (χ0v) is 11.0. The molecule has 0 unspecified atom stereocenters. The highest BCUT2D eigenvalue weighted by Crippen LogP contribution is 2.28. The smallest absolute Gasteiger partial charge is 0.340 e. The molecule has 6 heteroatoms. The van der Waals surface area contributed by atoms with Gasteiger partial charge in [-0.3, -0.25) is 4.79 Å². The third kappa shape index (κ3) is 2.56. The first kappa shape index (κ1) is 14.3. The van der Waals surface area contributed by atoms with Crippen LogP contribution < -0.4 is 0 Å². The Labute approximate surface area is 110 Å². The summed E-state index contributed by atoms with van der Waals surface area (Å²) in [6.45, 7) is 5.68. The van der Waals surface area contributed by atoms with E-state index in [0.717, 1.165) is 0 Å². The van der Waals surface area contributed by atoms with Gasteiger partial charge in [0.15, 0.2) is 0 Å². The molecule has 0 bridgehead atoms. The topological polar surface area (TPSA) is 68.5 Å². The lowest BCUT2D eigenvalue weighted by Crippen LogP contribution is -2.09. The fourth-order valence-corrected chi connectivity index (χ4v) is 2.16. The Bertz CT molecular complexity index is 505. The fourth-order valence-electron chi connectivity index (χ4n) is 1.80. The summed E-state index contributed by atoms with van der Waals surface area (Å²) in [5.41, 5.74) is 1.06. The van der Waals surface area contributed by atoms with Gasteiger partial charge in [0.05, 0.1) is 19.1 Å². The number of halogens is 1. The molecule has 5 nitrogen and oxygen atoms in total. The van der Waals surface area contributed by atoms with E-state index in [9.17, 15) is 9.59 Å². The van der Waals surface area contributed by atoms with Gasteiger partial charge in [0.25, 0.3) is 0 Å². The maximum Gasteiger partial charge on any atom is 0.340 e. The number of esters is 1. The second-order valence-electron chi connectivity index (χ2n) is 3.69. The molecule has 0 spiro atoms. The maximum absolute atomic E-state index is 11.7. The van der Waals surface area contributed by atoms with Crippen molar-refractivity contribution in [1.29, 1.82) is 0 Å². The van der Waals surface area contributed by atoms with E-state index in [1.807, 2.05) is 0 Å². The average molecular weight is 272 g/mol. The summed E-state index contributed by atoms with van der Waals surface area (Å²) in [5.74, 6) is -1.65. The van der Waals surface area contributed by atoms with Crippen molar-refractivity contribution in [1.82, 2.24) is 4.57 Å². The normalized spacial score (nSPS) is 10.2. The zero-order valence-electron chi connectivity index (χ0n) is 10.2. The van der Waals surface area contributed by atoms with Gasteiger partial charge in [-0.25, -0.2) is 4.79 Å². The van der Waals surface area contributed by atoms with Gasteiger partial charge in [0, 0.05) is 17.8 Å². The van der Waals surface area contributed by atoms with E-state index < -0.39 is 11.9 Å². The van der Waals surface area contributed by atoms with Gasteiger partial charge in [-0.2, -0.15) is 0 Å². The highest BCUT2D eigenvalue weighted by Gasteiger charge is 2.25. The Balaban J connectivity index is 3.44. The molecule has 0 aliphatic heterocycles. The van der Waals surface area contributed by atoms with Crippen molar-refractivity contribution >= 4 is 23.5 Å². The number of ether oxygens (including phenoxy) is 1. The van der Waals surface area contributed by atoms with Crippen molar-refractivity contribution in [3.05, 3.63) is 34.6 Å². The van der Waals surface area contributed by atoms with Crippen LogP contribution in [0, 0.1) is 6.92 Å². The Hall–Kier alpha value is -1.75. The number of nitrogens with zero attached hydrogens (tertiary/aromatic N) is 1. The average Bonchev–Trinajstić information content (AvgIpc) is 2.53. The van der Waals surface area contributed by atoms with Gasteiger partial charge in [0.1, 0.15) is 5.15 Å². The standard InChI is InChI=1S/C12H14ClNO4/c1-4-5-14-7(2)10(12(17)18-3)8(11(14)13)6-9(15)16/h4H,1,5-6H2,2-3H3,(H,15,16). The quantitative estimate of drug-likeness (QED) is 0.657. The molecule has 98 valence electrons. The Morgan fingerprint density at radius 3 is 2.61 bits per heavy atom. The molecule has 1 rings (SSSR count). The van der Waals surface area contributed by atoms with Crippen LogP contribution in [0.1, 0.15) is 21.6 Å². The molecule has 0 amide bonds. The molecule has 0 aliphatic rings. The van der Waals surface area contributed by atoms with Crippen LogP contribution in [0.2, 0.25) is 5.15 Å². The van der Waals surface area contributed by atoms with Crippen molar-refractivity contribution in [2.75, 3.05) is 7.11 Å². The van der Waals surface area contributed by atoms with Crippen LogP contribution in [-0.4, -0.2) is 28.7 Å². The summed E-state index contributed by atoms with van der Waals surface area (Å²) in [5, 5.41) is 9.09. The number of aromatic nitrogens is 1. The third-order valence-electron chi connectivity index (χ3n) is 2.58. The monoisotopic (exact) mass is 271 g/mol. The van der Waals surface area contributed by atoms with Crippen molar-refractivity contribution in [3.8, 4) is 0 Å². The van der Waals surface area contributed by atoms with Gasteiger partial charge in [0.2, 0.25) is 0 Å². The van der Waals surface area contributed by atoms with E-state index in [-0.39, 0.29) is 22.7 Å². The molecular formula is C12H14ClNO4. The molecule has 1 aromatic rings. The second kappa shape index (κ2) is 5.73. The largest absolute Gasteiger partial charge is 0.481 e. The first-order chi connectivity index (χ1) is 8.43. The summed E-state index contributed by atoms with van der Waals surface area (Å²) in [7, 11) is 1.24. The number of aliphatic carboxylic acids is 1. The van der Waals surface area contributed by atoms with E-state index in [2.05, 4.69) is 11.3 Å². The number of hydrogen-bond acceptors (Lipinski definition) is 3. The Morgan fingerprint density at radius 2 is 2.17 bits per heavy atom. The van der Waals surface area contributed by atoms with E-state index >= 15 is 0 Å². The van der Waals surface area contributed by atoms with Crippen molar-refractivity contribution in [3.63, 3.8) is 0 Å². The van der Waals surface area contributed by atoms with Gasteiger partial charge in [-0.15, -0.1) is 6.58 Å². The third-order valence-corrected chi connectivity index (χ3v) is 3.02. The fraction of sp³-hybridized carbons (Fsp3) is 0.333. The molecule has 1 heterocycles. The second-order valence-corrected chi connectivity index (χ2v) is 4.05. The van der Waals surface area contributed by atoms with Crippen LogP contribution in [0.15, 0.2) is 12.7 Å². The van der Waals surface area contributed by atoms with Crippen LogP contribution in [-0.2, 0) is 22.5 Å². The number of allylic oxidation sites excluding steroid dienone is 1. The predicted molar refractivity (Wildman–Crippen MR) is 67.1 cm³/mol. The van der Waals surface area contributed by atoms with Crippen LogP contribution in [0.4, 0.5) is 0 Å². The molecule has 1 aromatic heterocycles.